The first-order chi connectivity index (χ1) is 14.1. The summed E-state index contributed by atoms with van der Waals surface area (Å²) in [6, 6.07) is 12.3. The summed E-state index contributed by atoms with van der Waals surface area (Å²) >= 11 is 0. The molecule has 0 spiro atoms. The maximum Gasteiger partial charge on any atom is 0.416 e. The number of carbonyl (C=O) groups excluding carboxylic acids is 1. The van der Waals surface area contributed by atoms with E-state index in [0.717, 1.165) is 24.3 Å². The topological polar surface area (TPSA) is 66.9 Å². The van der Waals surface area contributed by atoms with Gasteiger partial charge in [-0.2, -0.15) is 17.5 Å². The van der Waals surface area contributed by atoms with E-state index in [9.17, 15) is 26.4 Å². The number of sulfonamides is 1. The number of nitrogens with zero attached hydrogens (tertiary/aromatic N) is 2. The van der Waals surface area contributed by atoms with Crippen molar-refractivity contribution in [3.05, 3.63) is 60.2 Å². The zero-order valence-corrected chi connectivity index (χ0v) is 17.0. The van der Waals surface area contributed by atoms with Crippen molar-refractivity contribution in [2.45, 2.75) is 24.1 Å². The van der Waals surface area contributed by atoms with E-state index in [1.165, 1.54) is 9.21 Å². The smallest absolute Gasteiger partial charge is 0.416 e. The lowest BCUT2D eigenvalue weighted by Crippen LogP contribution is -2.53. The van der Waals surface area contributed by atoms with Crippen LogP contribution in [0.5, 0.6) is 5.75 Å². The van der Waals surface area contributed by atoms with Gasteiger partial charge in [0.05, 0.1) is 10.5 Å². The minimum Gasteiger partial charge on any atom is -0.481 e. The van der Waals surface area contributed by atoms with Crippen LogP contribution in [0.4, 0.5) is 13.2 Å². The van der Waals surface area contributed by atoms with Crippen LogP contribution in [0.1, 0.15) is 12.5 Å². The summed E-state index contributed by atoms with van der Waals surface area (Å²) in [6.45, 7) is 2.06. The Kier molecular flexibility index (Phi) is 6.37. The van der Waals surface area contributed by atoms with E-state index >= 15 is 0 Å². The highest BCUT2D eigenvalue weighted by Crippen LogP contribution is 2.30. The quantitative estimate of drug-likeness (QED) is 0.714. The Labute approximate surface area is 172 Å². The van der Waals surface area contributed by atoms with Crippen LogP contribution in [0.25, 0.3) is 0 Å². The molecule has 1 saturated heterocycles. The molecule has 162 valence electrons. The van der Waals surface area contributed by atoms with Crippen molar-refractivity contribution < 1.29 is 31.1 Å². The van der Waals surface area contributed by atoms with Crippen molar-refractivity contribution in [1.29, 1.82) is 0 Å². The van der Waals surface area contributed by atoms with Gasteiger partial charge in [-0.05, 0) is 43.3 Å². The molecule has 1 fully saturated rings. The molecule has 1 atom stereocenters. The summed E-state index contributed by atoms with van der Waals surface area (Å²) in [7, 11) is -3.95. The van der Waals surface area contributed by atoms with E-state index in [2.05, 4.69) is 0 Å². The minimum atomic E-state index is -4.53. The number of benzene rings is 2. The maximum absolute atomic E-state index is 12.7. The standard InChI is InChI=1S/C20H21F3N2O4S/c1-15(29-17-5-3-2-4-6-17)19(26)24-11-13-25(14-12-24)30(27,28)18-9-7-16(8-10-18)20(21,22)23/h2-10,15H,11-14H2,1H3/t15-/m1/s1. The first-order valence-electron chi connectivity index (χ1n) is 9.27. The fourth-order valence-corrected chi connectivity index (χ4v) is 4.55. The maximum atomic E-state index is 12.7. The van der Waals surface area contributed by atoms with Gasteiger partial charge in [0.15, 0.2) is 6.10 Å². The molecule has 0 bridgehead atoms. The molecule has 1 amide bonds. The monoisotopic (exact) mass is 442 g/mol. The Morgan fingerprint density at radius 1 is 0.967 bits per heavy atom. The number of alkyl halides is 3. The number of halogens is 3. The molecule has 0 N–H and O–H groups in total. The summed E-state index contributed by atoms with van der Waals surface area (Å²) in [6.07, 6.45) is -5.27. The van der Waals surface area contributed by atoms with Gasteiger partial charge in [0.1, 0.15) is 5.75 Å². The molecule has 0 aliphatic carbocycles. The Morgan fingerprint density at radius 3 is 2.07 bits per heavy atom. The molecule has 1 aliphatic rings. The van der Waals surface area contributed by atoms with Crippen LogP contribution in [-0.4, -0.2) is 55.8 Å². The molecule has 3 rings (SSSR count). The van der Waals surface area contributed by atoms with E-state index in [-0.39, 0.29) is 37.0 Å². The third-order valence-electron chi connectivity index (χ3n) is 4.77. The Bertz CT molecular complexity index is 971. The Balaban J connectivity index is 1.60. The van der Waals surface area contributed by atoms with Crippen LogP contribution in [-0.2, 0) is 21.0 Å². The number of ether oxygens (including phenoxy) is 1. The molecule has 0 saturated carbocycles. The van der Waals surface area contributed by atoms with Crippen molar-refractivity contribution in [2.75, 3.05) is 26.2 Å². The number of amides is 1. The summed E-state index contributed by atoms with van der Waals surface area (Å²) in [4.78, 5) is 13.9. The fourth-order valence-electron chi connectivity index (χ4n) is 3.12. The lowest BCUT2D eigenvalue weighted by molar-refractivity contribution is -0.139. The van der Waals surface area contributed by atoms with Gasteiger partial charge in [-0.25, -0.2) is 8.42 Å². The average molecular weight is 442 g/mol. The molecule has 0 unspecified atom stereocenters. The predicted octanol–water partition coefficient (Wildman–Crippen LogP) is 3.01. The van der Waals surface area contributed by atoms with E-state index in [0.29, 0.717) is 5.75 Å². The molecule has 1 aliphatic heterocycles. The van der Waals surface area contributed by atoms with Crippen LogP contribution in [0.2, 0.25) is 0 Å². The second kappa shape index (κ2) is 8.65. The second-order valence-corrected chi connectivity index (χ2v) is 8.76. The van der Waals surface area contributed by atoms with Gasteiger partial charge in [0.25, 0.3) is 5.91 Å². The van der Waals surface area contributed by atoms with Crippen LogP contribution >= 0.6 is 0 Å². The number of piperazine rings is 1. The molecular formula is C20H21F3N2O4S. The van der Waals surface area contributed by atoms with E-state index < -0.39 is 27.9 Å². The predicted molar refractivity (Wildman–Crippen MR) is 103 cm³/mol. The van der Waals surface area contributed by atoms with Gasteiger partial charge in [0.2, 0.25) is 10.0 Å². The summed E-state index contributed by atoms with van der Waals surface area (Å²) in [5, 5.41) is 0. The summed E-state index contributed by atoms with van der Waals surface area (Å²) < 4.78 is 70.3. The summed E-state index contributed by atoms with van der Waals surface area (Å²) in [5.74, 6) is 0.298. The van der Waals surface area contributed by atoms with Gasteiger partial charge < -0.3 is 9.64 Å². The molecule has 1 heterocycles. The number of rotatable bonds is 5. The minimum absolute atomic E-state index is 0.0488. The Morgan fingerprint density at radius 2 is 1.53 bits per heavy atom. The summed E-state index contributed by atoms with van der Waals surface area (Å²) in [5.41, 5.74) is -0.913. The largest absolute Gasteiger partial charge is 0.481 e. The SMILES string of the molecule is C[C@@H](Oc1ccccc1)C(=O)N1CCN(S(=O)(=O)c2ccc(C(F)(F)F)cc2)CC1. The van der Waals surface area contributed by atoms with Crippen molar-refractivity contribution in [1.82, 2.24) is 9.21 Å². The van der Waals surface area contributed by atoms with E-state index in [1.807, 2.05) is 6.07 Å². The van der Waals surface area contributed by atoms with Gasteiger partial charge in [-0.15, -0.1) is 0 Å². The molecular weight excluding hydrogens is 421 g/mol. The number of hydrogen-bond acceptors (Lipinski definition) is 4. The van der Waals surface area contributed by atoms with Gasteiger partial charge >= 0.3 is 6.18 Å². The highest BCUT2D eigenvalue weighted by Gasteiger charge is 2.34. The number of hydrogen-bond donors (Lipinski definition) is 0. The molecule has 2 aromatic rings. The lowest BCUT2D eigenvalue weighted by atomic mass is 10.2. The molecule has 30 heavy (non-hydrogen) atoms. The van der Waals surface area contributed by atoms with Crippen molar-refractivity contribution in [2.24, 2.45) is 0 Å². The third kappa shape index (κ3) is 4.93. The van der Waals surface area contributed by atoms with Gasteiger partial charge in [-0.1, -0.05) is 18.2 Å². The van der Waals surface area contributed by atoms with Gasteiger partial charge in [0, 0.05) is 26.2 Å². The molecule has 2 aromatic carbocycles. The highest BCUT2D eigenvalue weighted by molar-refractivity contribution is 7.89. The van der Waals surface area contributed by atoms with Gasteiger partial charge in [-0.3, -0.25) is 4.79 Å². The molecule has 0 radical (unpaired) electrons. The zero-order valence-electron chi connectivity index (χ0n) is 16.2. The van der Waals surface area contributed by atoms with Crippen LogP contribution in [0.15, 0.2) is 59.5 Å². The average Bonchev–Trinajstić information content (AvgIpc) is 2.73. The van der Waals surface area contributed by atoms with Crippen LogP contribution in [0, 0.1) is 0 Å². The number of carbonyl (C=O) groups is 1. The normalized spacial score (nSPS) is 16.9. The highest BCUT2D eigenvalue weighted by atomic mass is 32.2. The first kappa shape index (κ1) is 22.1. The zero-order chi connectivity index (χ0) is 21.9. The van der Waals surface area contributed by atoms with E-state index in [4.69, 9.17) is 4.74 Å². The van der Waals surface area contributed by atoms with Crippen molar-refractivity contribution in [3.63, 3.8) is 0 Å². The first-order valence-corrected chi connectivity index (χ1v) is 10.7. The molecule has 6 nitrogen and oxygen atoms in total. The van der Waals surface area contributed by atoms with Crippen molar-refractivity contribution in [3.8, 4) is 5.75 Å². The third-order valence-corrected chi connectivity index (χ3v) is 6.69. The molecule has 10 heteroatoms. The van der Waals surface area contributed by atoms with Crippen molar-refractivity contribution >= 4 is 15.9 Å². The van der Waals surface area contributed by atoms with E-state index in [1.54, 1.807) is 31.2 Å². The lowest BCUT2D eigenvalue weighted by Gasteiger charge is -2.35. The second-order valence-electron chi connectivity index (χ2n) is 6.82. The van der Waals surface area contributed by atoms with Crippen LogP contribution < -0.4 is 4.74 Å². The fraction of sp³-hybridized carbons (Fsp3) is 0.350. The number of para-hydroxylation sites is 1. The van der Waals surface area contributed by atoms with Crippen LogP contribution in [0.3, 0.4) is 0 Å². The molecule has 0 aromatic heterocycles. The Hall–Kier alpha value is -2.59.